The Balaban J connectivity index is 1.76. The minimum absolute atomic E-state index is 0.0923. The van der Waals surface area contributed by atoms with E-state index < -0.39 is 0 Å². The first-order valence-corrected chi connectivity index (χ1v) is 5.79. The van der Waals surface area contributed by atoms with Crippen LogP contribution in [0.5, 0.6) is 0 Å². The summed E-state index contributed by atoms with van der Waals surface area (Å²) in [7, 11) is 0. The Hall–Kier alpha value is -0.610. The first kappa shape index (κ1) is 10.9. The third-order valence-corrected chi connectivity index (χ3v) is 3.01. The van der Waals surface area contributed by atoms with Gasteiger partial charge in [-0.2, -0.15) is 0 Å². The second-order valence-electron chi connectivity index (χ2n) is 4.38. The molecular formula is C11H19NO3. The fraction of sp³-hybridized carbons (Fsp3) is 0.909. The van der Waals surface area contributed by atoms with Crippen molar-refractivity contribution in [1.29, 1.82) is 0 Å². The summed E-state index contributed by atoms with van der Waals surface area (Å²) < 4.78 is 10.6. The predicted octanol–water partition coefficient (Wildman–Crippen LogP) is 0.564. The van der Waals surface area contributed by atoms with Crippen LogP contribution < -0.4 is 5.32 Å². The van der Waals surface area contributed by atoms with Crippen molar-refractivity contribution in [2.24, 2.45) is 11.8 Å². The quantitative estimate of drug-likeness (QED) is 0.678. The van der Waals surface area contributed by atoms with E-state index in [0.717, 1.165) is 6.54 Å². The van der Waals surface area contributed by atoms with E-state index in [0.29, 0.717) is 25.7 Å². The van der Waals surface area contributed by atoms with E-state index in [1.54, 1.807) is 0 Å². The van der Waals surface area contributed by atoms with Crippen LogP contribution in [0.4, 0.5) is 0 Å². The largest absolute Gasteiger partial charge is 0.465 e. The van der Waals surface area contributed by atoms with E-state index >= 15 is 0 Å². The van der Waals surface area contributed by atoms with Gasteiger partial charge in [0.2, 0.25) is 0 Å². The van der Waals surface area contributed by atoms with Crippen molar-refractivity contribution in [3.8, 4) is 0 Å². The molecule has 2 fully saturated rings. The van der Waals surface area contributed by atoms with Gasteiger partial charge in [-0.05, 0) is 25.3 Å². The van der Waals surface area contributed by atoms with Gasteiger partial charge in [0.25, 0.3) is 0 Å². The number of carbonyl (C=O) groups is 1. The van der Waals surface area contributed by atoms with Gasteiger partial charge in [0.1, 0.15) is 0 Å². The van der Waals surface area contributed by atoms with Crippen molar-refractivity contribution in [1.82, 2.24) is 5.32 Å². The Labute approximate surface area is 90.3 Å². The van der Waals surface area contributed by atoms with Crippen molar-refractivity contribution >= 4 is 5.97 Å². The monoisotopic (exact) mass is 213 g/mol. The minimum atomic E-state index is -0.108. The van der Waals surface area contributed by atoms with Crippen LogP contribution in [0, 0.1) is 11.8 Å². The van der Waals surface area contributed by atoms with Gasteiger partial charge in [0.05, 0.1) is 25.7 Å². The summed E-state index contributed by atoms with van der Waals surface area (Å²) in [6.45, 7) is 4.62. The molecule has 2 rings (SSSR count). The Morgan fingerprint density at radius 1 is 1.47 bits per heavy atom. The van der Waals surface area contributed by atoms with Crippen molar-refractivity contribution in [2.75, 3.05) is 26.4 Å². The molecule has 1 aliphatic heterocycles. The van der Waals surface area contributed by atoms with Gasteiger partial charge in [-0.1, -0.05) is 6.92 Å². The van der Waals surface area contributed by atoms with Gasteiger partial charge < -0.3 is 14.8 Å². The summed E-state index contributed by atoms with van der Waals surface area (Å²) in [5, 5.41) is 3.25. The van der Waals surface area contributed by atoms with Crippen LogP contribution in [-0.2, 0) is 14.3 Å². The second kappa shape index (κ2) is 4.94. The van der Waals surface area contributed by atoms with E-state index in [-0.39, 0.29) is 17.9 Å². The third-order valence-electron chi connectivity index (χ3n) is 3.01. The Morgan fingerprint density at radius 2 is 2.27 bits per heavy atom. The molecule has 1 heterocycles. The molecule has 1 N–H and O–H groups in total. The highest BCUT2D eigenvalue weighted by Gasteiger charge is 2.35. The molecule has 2 unspecified atom stereocenters. The molecule has 2 aliphatic rings. The third kappa shape index (κ3) is 2.92. The molecule has 0 aromatic carbocycles. The molecule has 0 bridgehead atoms. The number of hydrogen-bond donors (Lipinski definition) is 1. The molecule has 1 aliphatic carbocycles. The first-order chi connectivity index (χ1) is 7.31. The molecule has 0 radical (unpaired) electrons. The normalized spacial score (nSPS) is 30.5. The van der Waals surface area contributed by atoms with Crippen molar-refractivity contribution in [2.45, 2.75) is 25.8 Å². The van der Waals surface area contributed by atoms with Crippen molar-refractivity contribution < 1.29 is 14.3 Å². The molecule has 86 valence electrons. The van der Waals surface area contributed by atoms with Crippen LogP contribution in [0.25, 0.3) is 0 Å². The van der Waals surface area contributed by atoms with E-state index in [4.69, 9.17) is 9.47 Å². The summed E-state index contributed by atoms with van der Waals surface area (Å²) in [6.07, 6.45) is 2.43. The molecule has 1 saturated heterocycles. The smallest absolute Gasteiger partial charge is 0.312 e. The number of likely N-dealkylation sites (N-methyl/N-ethyl adjacent to an activating group) is 1. The van der Waals surface area contributed by atoms with Crippen LogP contribution in [0.15, 0.2) is 0 Å². The van der Waals surface area contributed by atoms with Crippen LogP contribution >= 0.6 is 0 Å². The van der Waals surface area contributed by atoms with E-state index in [1.807, 2.05) is 6.92 Å². The van der Waals surface area contributed by atoms with Gasteiger partial charge in [-0.15, -0.1) is 0 Å². The highest BCUT2D eigenvalue weighted by molar-refractivity contribution is 5.73. The first-order valence-electron chi connectivity index (χ1n) is 5.79. The van der Waals surface area contributed by atoms with Crippen molar-refractivity contribution in [3.63, 3.8) is 0 Å². The maximum Gasteiger partial charge on any atom is 0.312 e. The summed E-state index contributed by atoms with van der Waals surface area (Å²) in [4.78, 5) is 11.7. The fourth-order valence-corrected chi connectivity index (χ4v) is 1.84. The molecule has 4 nitrogen and oxygen atoms in total. The maximum absolute atomic E-state index is 11.7. The number of nitrogens with one attached hydrogen (secondary N) is 1. The van der Waals surface area contributed by atoms with Crippen LogP contribution in [0.2, 0.25) is 0 Å². The van der Waals surface area contributed by atoms with Gasteiger partial charge in [-0.3, -0.25) is 4.79 Å². The average Bonchev–Trinajstić information content (AvgIpc) is 2.95. The standard InChI is InChI=1S/C11H19NO3/c1-2-12-10-7-14-6-9(10)11(13)15-5-8-3-4-8/h8-10,12H,2-7H2,1H3. The fourth-order valence-electron chi connectivity index (χ4n) is 1.84. The van der Waals surface area contributed by atoms with E-state index in [1.165, 1.54) is 12.8 Å². The number of rotatable bonds is 5. The lowest BCUT2D eigenvalue weighted by molar-refractivity contribution is -0.149. The Bertz CT molecular complexity index is 228. The zero-order valence-corrected chi connectivity index (χ0v) is 9.20. The number of ether oxygens (including phenoxy) is 2. The molecule has 2 atom stereocenters. The highest BCUT2D eigenvalue weighted by atomic mass is 16.5. The van der Waals surface area contributed by atoms with Crippen LogP contribution in [-0.4, -0.2) is 38.4 Å². The van der Waals surface area contributed by atoms with Gasteiger partial charge >= 0.3 is 5.97 Å². The zero-order chi connectivity index (χ0) is 10.7. The summed E-state index contributed by atoms with van der Waals surface area (Å²) in [5.74, 6) is 0.433. The SMILES string of the molecule is CCNC1COCC1C(=O)OCC1CC1. The summed E-state index contributed by atoms with van der Waals surface area (Å²) in [5.41, 5.74) is 0. The lowest BCUT2D eigenvalue weighted by Gasteiger charge is -2.16. The molecule has 0 aromatic heterocycles. The average molecular weight is 213 g/mol. The molecule has 0 spiro atoms. The van der Waals surface area contributed by atoms with E-state index in [2.05, 4.69) is 5.32 Å². The van der Waals surface area contributed by atoms with Crippen molar-refractivity contribution in [3.05, 3.63) is 0 Å². The van der Waals surface area contributed by atoms with Crippen LogP contribution in [0.3, 0.4) is 0 Å². The number of esters is 1. The van der Waals surface area contributed by atoms with Gasteiger partial charge in [0.15, 0.2) is 0 Å². The summed E-state index contributed by atoms with van der Waals surface area (Å²) >= 11 is 0. The second-order valence-corrected chi connectivity index (χ2v) is 4.38. The summed E-state index contributed by atoms with van der Waals surface area (Å²) in [6, 6.07) is 0.140. The Morgan fingerprint density at radius 3 is 2.93 bits per heavy atom. The number of hydrogen-bond acceptors (Lipinski definition) is 4. The topological polar surface area (TPSA) is 47.6 Å². The molecule has 1 saturated carbocycles. The molecule has 15 heavy (non-hydrogen) atoms. The molecular weight excluding hydrogens is 194 g/mol. The maximum atomic E-state index is 11.7. The van der Waals surface area contributed by atoms with Crippen LogP contribution in [0.1, 0.15) is 19.8 Å². The zero-order valence-electron chi connectivity index (χ0n) is 9.20. The van der Waals surface area contributed by atoms with Gasteiger partial charge in [0, 0.05) is 6.04 Å². The minimum Gasteiger partial charge on any atom is -0.465 e. The number of carbonyl (C=O) groups excluding carboxylic acids is 1. The predicted molar refractivity (Wildman–Crippen MR) is 55.5 cm³/mol. The molecule has 0 aromatic rings. The van der Waals surface area contributed by atoms with E-state index in [9.17, 15) is 4.79 Å². The lowest BCUT2D eigenvalue weighted by Crippen LogP contribution is -2.40. The molecule has 4 heteroatoms. The highest BCUT2D eigenvalue weighted by Crippen LogP contribution is 2.29. The Kier molecular flexibility index (Phi) is 3.59. The van der Waals surface area contributed by atoms with Gasteiger partial charge in [-0.25, -0.2) is 0 Å². The lowest BCUT2D eigenvalue weighted by atomic mass is 10.0. The molecule has 0 amide bonds.